The smallest absolute Gasteiger partial charge is 0.173 e. The van der Waals surface area contributed by atoms with Crippen molar-refractivity contribution in [3.8, 4) is 33.1 Å². The first-order valence-corrected chi connectivity index (χ1v) is 17.3. The number of fused-ring (bicyclic) bond motifs is 2. The van der Waals surface area contributed by atoms with Gasteiger partial charge in [0.15, 0.2) is 5.82 Å². The predicted octanol–water partition coefficient (Wildman–Crippen LogP) is 11.7. The molecule has 8 aromatic rings. The van der Waals surface area contributed by atoms with Gasteiger partial charge in [0.05, 0.1) is 16.8 Å². The molecule has 0 unspecified atom stereocenters. The maximum absolute atomic E-state index is 4.98. The minimum Gasteiger partial charge on any atom is -0.310 e. The maximum atomic E-state index is 4.98. The Labute approximate surface area is 290 Å². The van der Waals surface area contributed by atoms with Crippen molar-refractivity contribution >= 4 is 28.6 Å². The number of anilines is 3. The molecule has 2 heterocycles. The van der Waals surface area contributed by atoms with Gasteiger partial charge >= 0.3 is 0 Å². The van der Waals surface area contributed by atoms with Gasteiger partial charge in [0, 0.05) is 16.8 Å². The Balaban J connectivity index is 1.12. The normalized spacial score (nSPS) is 13.0. The molecule has 0 fully saturated rings. The van der Waals surface area contributed by atoms with Crippen LogP contribution >= 0.6 is 11.5 Å². The largest absolute Gasteiger partial charge is 0.310 e. The van der Waals surface area contributed by atoms with E-state index in [4.69, 9.17) is 9.36 Å². The van der Waals surface area contributed by atoms with Crippen molar-refractivity contribution in [2.24, 2.45) is 0 Å². The van der Waals surface area contributed by atoms with Crippen molar-refractivity contribution in [2.75, 3.05) is 4.90 Å². The van der Waals surface area contributed by atoms with E-state index in [1.165, 1.54) is 39.3 Å². The number of hydrogen-bond acceptors (Lipinski definition) is 4. The van der Waals surface area contributed by atoms with Crippen LogP contribution in [0.5, 0.6) is 0 Å². The molecule has 0 N–H and O–H groups in total. The van der Waals surface area contributed by atoms with Gasteiger partial charge in [0.2, 0.25) is 0 Å². The highest BCUT2D eigenvalue weighted by molar-refractivity contribution is 7.09. The fourth-order valence-electron chi connectivity index (χ4n) is 7.37. The van der Waals surface area contributed by atoms with Gasteiger partial charge in [-0.25, -0.2) is 4.98 Å². The molecule has 1 aromatic heterocycles. The second kappa shape index (κ2) is 12.2. The van der Waals surface area contributed by atoms with Crippen molar-refractivity contribution in [1.82, 2.24) is 9.36 Å². The first-order chi connectivity index (χ1) is 24.3. The SMILES string of the molecule is c1ccc(-c2cccc(-c3nsc(-c4ccc(N5c6ccccc6C(c6ccccc6)(c6ccccc6)c6ccccc65)cc4)n3)c2)cc1. The highest BCUT2D eigenvalue weighted by Gasteiger charge is 2.46. The van der Waals surface area contributed by atoms with Crippen LogP contribution in [0, 0.1) is 0 Å². The summed E-state index contributed by atoms with van der Waals surface area (Å²) in [6, 6.07) is 67.2. The van der Waals surface area contributed by atoms with Crippen LogP contribution in [-0.2, 0) is 5.41 Å². The quantitative estimate of drug-likeness (QED) is 0.180. The van der Waals surface area contributed by atoms with Crippen LogP contribution < -0.4 is 4.90 Å². The third-order valence-electron chi connectivity index (χ3n) is 9.54. The Bertz CT molecular complexity index is 2290. The second-order valence-corrected chi connectivity index (χ2v) is 13.0. The highest BCUT2D eigenvalue weighted by Crippen LogP contribution is 2.57. The Morgan fingerprint density at radius 2 is 0.939 bits per heavy atom. The number of para-hydroxylation sites is 2. The van der Waals surface area contributed by atoms with E-state index in [9.17, 15) is 0 Å². The lowest BCUT2D eigenvalue weighted by Crippen LogP contribution is -2.37. The zero-order valence-electron chi connectivity index (χ0n) is 26.6. The average Bonchev–Trinajstić information content (AvgIpc) is 3.69. The summed E-state index contributed by atoms with van der Waals surface area (Å²) in [5, 5.41) is 0.901. The summed E-state index contributed by atoms with van der Waals surface area (Å²) >= 11 is 1.44. The maximum Gasteiger partial charge on any atom is 0.173 e. The zero-order valence-corrected chi connectivity index (χ0v) is 27.5. The van der Waals surface area contributed by atoms with Crippen LogP contribution in [-0.4, -0.2) is 9.36 Å². The van der Waals surface area contributed by atoms with Crippen LogP contribution in [0.2, 0.25) is 0 Å². The molecule has 7 aromatic carbocycles. The van der Waals surface area contributed by atoms with E-state index in [0.29, 0.717) is 0 Å². The molecule has 0 saturated heterocycles. The molecule has 0 amide bonds. The van der Waals surface area contributed by atoms with Crippen molar-refractivity contribution in [3.05, 3.63) is 210 Å². The number of nitrogens with zero attached hydrogens (tertiary/aromatic N) is 3. The molecule has 0 radical (unpaired) electrons. The standard InChI is InChI=1S/C45H31N3S/c1-4-15-32(16-5-1)34-17-14-18-35(31-34)43-46-44(49-47-43)33-27-29-38(30-28-33)48-41-25-12-10-23-39(41)45(36-19-6-2-7-20-36,37-21-8-3-9-22-37)40-24-11-13-26-42(40)48/h1-31H. The molecule has 0 saturated carbocycles. The van der Waals surface area contributed by atoms with Gasteiger partial charge in [-0.1, -0.05) is 146 Å². The van der Waals surface area contributed by atoms with Gasteiger partial charge in [-0.15, -0.1) is 0 Å². The molecular weight excluding hydrogens is 615 g/mol. The topological polar surface area (TPSA) is 29.0 Å². The fraction of sp³-hybridized carbons (Fsp3) is 0.0222. The molecule has 0 aliphatic carbocycles. The van der Waals surface area contributed by atoms with E-state index in [2.05, 4.69) is 187 Å². The zero-order chi connectivity index (χ0) is 32.6. The number of aromatic nitrogens is 2. The van der Waals surface area contributed by atoms with Gasteiger partial charge in [0.25, 0.3) is 0 Å². The summed E-state index contributed by atoms with van der Waals surface area (Å²) in [4.78, 5) is 7.38. The Morgan fingerprint density at radius 3 is 1.55 bits per heavy atom. The highest BCUT2D eigenvalue weighted by atomic mass is 32.1. The molecular formula is C45H31N3S. The lowest BCUT2D eigenvalue weighted by Gasteiger charge is -2.46. The van der Waals surface area contributed by atoms with Crippen molar-refractivity contribution in [2.45, 2.75) is 5.41 Å². The van der Waals surface area contributed by atoms with E-state index in [0.717, 1.165) is 44.6 Å². The molecule has 1 aliphatic heterocycles. The van der Waals surface area contributed by atoms with Crippen molar-refractivity contribution in [3.63, 3.8) is 0 Å². The van der Waals surface area contributed by atoms with Gasteiger partial charge in [0.1, 0.15) is 5.01 Å². The first-order valence-electron chi connectivity index (χ1n) is 16.5. The Morgan fingerprint density at radius 1 is 0.429 bits per heavy atom. The summed E-state index contributed by atoms with van der Waals surface area (Å²) < 4.78 is 4.76. The van der Waals surface area contributed by atoms with Gasteiger partial charge in [-0.2, -0.15) is 4.37 Å². The van der Waals surface area contributed by atoms with Crippen molar-refractivity contribution < 1.29 is 0 Å². The third kappa shape index (κ3) is 4.88. The van der Waals surface area contributed by atoms with Crippen LogP contribution in [0.3, 0.4) is 0 Å². The minimum absolute atomic E-state index is 0.479. The van der Waals surface area contributed by atoms with E-state index < -0.39 is 5.41 Å². The molecule has 0 spiro atoms. The van der Waals surface area contributed by atoms with Crippen LogP contribution in [0.1, 0.15) is 22.3 Å². The lowest BCUT2D eigenvalue weighted by atomic mass is 9.62. The van der Waals surface area contributed by atoms with Crippen molar-refractivity contribution in [1.29, 1.82) is 0 Å². The average molecular weight is 646 g/mol. The third-order valence-corrected chi connectivity index (χ3v) is 10.3. The van der Waals surface area contributed by atoms with E-state index in [-0.39, 0.29) is 0 Å². The monoisotopic (exact) mass is 645 g/mol. The van der Waals surface area contributed by atoms with Crippen LogP contribution in [0.25, 0.3) is 33.1 Å². The summed E-state index contributed by atoms with van der Waals surface area (Å²) in [6.07, 6.45) is 0. The van der Waals surface area contributed by atoms with Crippen LogP contribution in [0.4, 0.5) is 17.1 Å². The summed E-state index contributed by atoms with van der Waals surface area (Å²) in [6.45, 7) is 0. The molecule has 4 heteroatoms. The summed E-state index contributed by atoms with van der Waals surface area (Å²) in [7, 11) is 0. The van der Waals surface area contributed by atoms with Gasteiger partial charge in [-0.3, -0.25) is 0 Å². The number of hydrogen-bond donors (Lipinski definition) is 0. The fourth-order valence-corrected chi connectivity index (χ4v) is 8.06. The van der Waals surface area contributed by atoms with E-state index in [1.807, 2.05) is 6.07 Å². The minimum atomic E-state index is -0.479. The second-order valence-electron chi connectivity index (χ2n) is 12.3. The molecule has 0 bridgehead atoms. The summed E-state index contributed by atoms with van der Waals surface area (Å²) in [5.74, 6) is 0.749. The molecule has 0 atom stereocenters. The summed E-state index contributed by atoms with van der Waals surface area (Å²) in [5.41, 5.74) is 12.3. The molecule has 49 heavy (non-hydrogen) atoms. The lowest BCUT2D eigenvalue weighted by molar-refractivity contribution is 0.731. The van der Waals surface area contributed by atoms with E-state index >= 15 is 0 Å². The Hall–Kier alpha value is -6.10. The van der Waals surface area contributed by atoms with E-state index in [1.54, 1.807) is 0 Å². The number of benzene rings is 7. The molecule has 9 rings (SSSR count). The predicted molar refractivity (Wildman–Crippen MR) is 203 cm³/mol. The van der Waals surface area contributed by atoms with Gasteiger partial charge in [-0.05, 0) is 87.4 Å². The first kappa shape index (κ1) is 29.1. The van der Waals surface area contributed by atoms with Gasteiger partial charge < -0.3 is 4.90 Å². The molecule has 1 aliphatic rings. The van der Waals surface area contributed by atoms with Crippen LogP contribution in [0.15, 0.2) is 188 Å². The molecule has 232 valence electrons. The molecule has 3 nitrogen and oxygen atoms in total. The Kier molecular flexibility index (Phi) is 7.22. The number of rotatable bonds is 6.